The molecule has 114 valence electrons. The van der Waals surface area contributed by atoms with Gasteiger partial charge in [0.15, 0.2) is 5.76 Å². The van der Waals surface area contributed by atoms with E-state index < -0.39 is 5.41 Å². The molecule has 1 aromatic carbocycles. The number of fused-ring (bicyclic) bond motifs is 1. The van der Waals surface area contributed by atoms with Gasteiger partial charge < -0.3 is 19.5 Å². The number of furan rings is 1. The molecule has 2 N–H and O–H groups in total. The molecule has 5 heteroatoms. The molecular weight excluding hydrogens is 270 g/mol. The first-order chi connectivity index (χ1) is 9.88. The van der Waals surface area contributed by atoms with Gasteiger partial charge in [-0.15, -0.1) is 0 Å². The summed E-state index contributed by atoms with van der Waals surface area (Å²) in [6, 6.07) is 7.45. The molecule has 2 rings (SSSR count). The number of nitrogens with zero attached hydrogens (tertiary/aromatic N) is 1. The number of amides is 1. The largest absolute Gasteiger partial charge is 0.451 e. The third-order valence-corrected chi connectivity index (χ3v) is 3.61. The number of hydrogen-bond donors (Lipinski definition) is 2. The molecule has 0 aliphatic rings. The second-order valence-corrected chi connectivity index (χ2v) is 5.94. The highest BCUT2D eigenvalue weighted by Gasteiger charge is 2.28. The van der Waals surface area contributed by atoms with E-state index in [0.717, 1.165) is 10.9 Å². The van der Waals surface area contributed by atoms with E-state index in [4.69, 9.17) is 4.42 Å². The molecule has 0 radical (unpaired) electrons. The molecule has 0 aliphatic carbocycles. The Hall–Kier alpha value is -1.85. The first-order valence-corrected chi connectivity index (χ1v) is 6.86. The zero-order chi connectivity index (χ0) is 15.6. The van der Waals surface area contributed by atoms with Gasteiger partial charge in [-0.05, 0) is 25.1 Å². The van der Waals surface area contributed by atoms with Gasteiger partial charge in [-0.3, -0.25) is 4.79 Å². The number of aliphatic hydroxyl groups excluding tert-OH is 2. The second kappa shape index (κ2) is 5.87. The van der Waals surface area contributed by atoms with Crippen LogP contribution in [0.3, 0.4) is 0 Å². The molecule has 0 saturated heterocycles. The maximum absolute atomic E-state index is 12.4. The lowest BCUT2D eigenvalue weighted by Crippen LogP contribution is -2.41. The molecule has 0 bridgehead atoms. The lowest BCUT2D eigenvalue weighted by molar-refractivity contribution is 0.0353. The standard InChI is InChI=1S/C16H21NO4/c1-11-4-5-13-12(6-11)7-14(21-13)15(20)17(3)8-16(2,9-18)10-19/h4-7,18-19H,8-10H2,1-3H3. The maximum Gasteiger partial charge on any atom is 0.289 e. The summed E-state index contributed by atoms with van der Waals surface area (Å²) in [5.74, 6) is -0.00620. The van der Waals surface area contributed by atoms with E-state index in [0.29, 0.717) is 5.58 Å². The summed E-state index contributed by atoms with van der Waals surface area (Å²) in [5.41, 5.74) is 1.04. The highest BCUT2D eigenvalue weighted by molar-refractivity contribution is 5.96. The van der Waals surface area contributed by atoms with Crippen LogP contribution in [0.2, 0.25) is 0 Å². The van der Waals surface area contributed by atoms with Crippen LogP contribution in [-0.2, 0) is 0 Å². The van der Waals surface area contributed by atoms with Crippen molar-refractivity contribution in [2.24, 2.45) is 5.41 Å². The van der Waals surface area contributed by atoms with Crippen molar-refractivity contribution in [2.75, 3.05) is 26.8 Å². The van der Waals surface area contributed by atoms with Crippen LogP contribution in [0.25, 0.3) is 11.0 Å². The molecule has 0 atom stereocenters. The van der Waals surface area contributed by atoms with E-state index in [1.807, 2.05) is 25.1 Å². The molecule has 5 nitrogen and oxygen atoms in total. The Labute approximate surface area is 123 Å². The van der Waals surface area contributed by atoms with Gasteiger partial charge in [-0.25, -0.2) is 0 Å². The summed E-state index contributed by atoms with van der Waals surface area (Å²) in [4.78, 5) is 13.8. The molecular formula is C16H21NO4. The highest BCUT2D eigenvalue weighted by Crippen LogP contribution is 2.23. The fraction of sp³-hybridized carbons (Fsp3) is 0.438. The molecule has 1 aromatic heterocycles. The maximum atomic E-state index is 12.4. The molecule has 0 fully saturated rings. The minimum absolute atomic E-state index is 0.194. The van der Waals surface area contributed by atoms with E-state index in [1.54, 1.807) is 20.0 Å². The molecule has 21 heavy (non-hydrogen) atoms. The van der Waals surface area contributed by atoms with Crippen LogP contribution in [0.4, 0.5) is 0 Å². The van der Waals surface area contributed by atoms with Gasteiger partial charge in [0.05, 0.1) is 13.2 Å². The van der Waals surface area contributed by atoms with Crippen LogP contribution < -0.4 is 0 Å². The van der Waals surface area contributed by atoms with E-state index in [1.165, 1.54) is 4.90 Å². The predicted molar refractivity (Wildman–Crippen MR) is 80.2 cm³/mol. The van der Waals surface area contributed by atoms with Crippen molar-refractivity contribution in [1.82, 2.24) is 4.90 Å². The number of carbonyl (C=O) groups is 1. The summed E-state index contributed by atoms with van der Waals surface area (Å²) in [5, 5.41) is 19.5. The number of carbonyl (C=O) groups excluding carboxylic acids is 1. The van der Waals surface area contributed by atoms with Gasteiger partial charge in [-0.2, -0.15) is 0 Å². The summed E-state index contributed by atoms with van der Waals surface area (Å²) in [6.07, 6.45) is 0. The van der Waals surface area contributed by atoms with Gasteiger partial charge in [-0.1, -0.05) is 18.6 Å². The second-order valence-electron chi connectivity index (χ2n) is 5.94. The summed E-state index contributed by atoms with van der Waals surface area (Å²) in [7, 11) is 1.63. The molecule has 2 aromatic rings. The highest BCUT2D eigenvalue weighted by atomic mass is 16.3. The van der Waals surface area contributed by atoms with Gasteiger partial charge in [0.1, 0.15) is 5.58 Å². The summed E-state index contributed by atoms with van der Waals surface area (Å²) in [6.45, 7) is 3.56. The summed E-state index contributed by atoms with van der Waals surface area (Å²) < 4.78 is 5.57. The molecule has 0 saturated carbocycles. The van der Waals surface area contributed by atoms with Crippen molar-refractivity contribution in [3.05, 3.63) is 35.6 Å². The molecule has 0 spiro atoms. The van der Waals surface area contributed by atoms with Crippen LogP contribution in [0, 0.1) is 12.3 Å². The van der Waals surface area contributed by atoms with Gasteiger partial charge in [0.2, 0.25) is 0 Å². The van der Waals surface area contributed by atoms with Crippen molar-refractivity contribution in [2.45, 2.75) is 13.8 Å². The Morgan fingerprint density at radius 3 is 2.57 bits per heavy atom. The van der Waals surface area contributed by atoms with Crippen LogP contribution >= 0.6 is 0 Å². The predicted octanol–water partition coefficient (Wildman–Crippen LogP) is 1.80. The quantitative estimate of drug-likeness (QED) is 0.881. The smallest absolute Gasteiger partial charge is 0.289 e. The Balaban J connectivity index is 2.21. The van der Waals surface area contributed by atoms with Crippen molar-refractivity contribution in [1.29, 1.82) is 0 Å². The topological polar surface area (TPSA) is 73.9 Å². The van der Waals surface area contributed by atoms with Crippen molar-refractivity contribution in [3.63, 3.8) is 0 Å². The number of rotatable bonds is 5. The third-order valence-electron chi connectivity index (χ3n) is 3.61. The Bertz CT molecular complexity index is 643. The zero-order valence-electron chi connectivity index (χ0n) is 12.6. The SMILES string of the molecule is Cc1ccc2oc(C(=O)N(C)CC(C)(CO)CO)cc2c1. The van der Waals surface area contributed by atoms with Crippen LogP contribution in [0.5, 0.6) is 0 Å². The fourth-order valence-electron chi connectivity index (χ4n) is 2.25. The lowest BCUT2D eigenvalue weighted by atomic mass is 9.92. The fourth-order valence-corrected chi connectivity index (χ4v) is 2.25. The minimum atomic E-state index is -0.729. The Morgan fingerprint density at radius 2 is 1.95 bits per heavy atom. The number of aliphatic hydroxyl groups is 2. The first-order valence-electron chi connectivity index (χ1n) is 6.86. The average Bonchev–Trinajstić information content (AvgIpc) is 2.89. The number of aryl methyl sites for hydroxylation is 1. The van der Waals surface area contributed by atoms with Gasteiger partial charge in [0.25, 0.3) is 5.91 Å². The monoisotopic (exact) mass is 291 g/mol. The normalized spacial score (nSPS) is 11.9. The van der Waals surface area contributed by atoms with E-state index in [-0.39, 0.29) is 31.4 Å². The van der Waals surface area contributed by atoms with Crippen molar-refractivity contribution < 1.29 is 19.4 Å². The third kappa shape index (κ3) is 3.25. The van der Waals surface area contributed by atoms with E-state index in [2.05, 4.69) is 0 Å². The van der Waals surface area contributed by atoms with Gasteiger partial charge >= 0.3 is 0 Å². The molecule has 0 unspecified atom stereocenters. The van der Waals surface area contributed by atoms with Crippen LogP contribution in [-0.4, -0.2) is 47.8 Å². The van der Waals surface area contributed by atoms with Gasteiger partial charge in [0, 0.05) is 24.4 Å². The van der Waals surface area contributed by atoms with Crippen LogP contribution in [0.1, 0.15) is 23.0 Å². The Morgan fingerprint density at radius 1 is 1.29 bits per heavy atom. The minimum Gasteiger partial charge on any atom is -0.451 e. The first kappa shape index (κ1) is 15.5. The lowest BCUT2D eigenvalue weighted by Gasteiger charge is -2.29. The Kier molecular flexibility index (Phi) is 4.34. The number of hydrogen-bond acceptors (Lipinski definition) is 4. The molecule has 1 amide bonds. The zero-order valence-corrected chi connectivity index (χ0v) is 12.6. The average molecular weight is 291 g/mol. The van der Waals surface area contributed by atoms with Crippen LogP contribution in [0.15, 0.2) is 28.7 Å². The molecule has 0 aliphatic heterocycles. The van der Waals surface area contributed by atoms with Crippen molar-refractivity contribution in [3.8, 4) is 0 Å². The number of benzene rings is 1. The molecule has 1 heterocycles. The van der Waals surface area contributed by atoms with E-state index in [9.17, 15) is 15.0 Å². The summed E-state index contributed by atoms with van der Waals surface area (Å²) >= 11 is 0. The van der Waals surface area contributed by atoms with E-state index >= 15 is 0 Å². The van der Waals surface area contributed by atoms with Crippen molar-refractivity contribution >= 4 is 16.9 Å².